The zero-order valence-corrected chi connectivity index (χ0v) is 12.3. The normalized spacial score (nSPS) is 28.0. The van der Waals surface area contributed by atoms with Crippen molar-refractivity contribution in [3.8, 4) is 0 Å². The molecule has 17 heavy (non-hydrogen) atoms. The van der Waals surface area contributed by atoms with Crippen molar-refractivity contribution < 1.29 is 4.79 Å². The number of amides is 1. The molecule has 0 aliphatic heterocycles. The van der Waals surface area contributed by atoms with Crippen LogP contribution in [0.3, 0.4) is 0 Å². The van der Waals surface area contributed by atoms with Gasteiger partial charge in [0.05, 0.1) is 0 Å². The van der Waals surface area contributed by atoms with Crippen LogP contribution in [0.15, 0.2) is 12.2 Å². The Bertz CT molecular complexity index is 280. The standard InChI is InChI=1S/C14H25NOS/c1-11-9-7-5-6-8-10-12(11)15-13(16)17-14(2,3)4/h5-6,11-12H,7-10H2,1-4H3,(H,15,16)/b6-5+/t11-,12+/m0/s1. The number of hydrogen-bond donors (Lipinski definition) is 1. The van der Waals surface area contributed by atoms with Gasteiger partial charge in [0.15, 0.2) is 0 Å². The Morgan fingerprint density at radius 1 is 1.24 bits per heavy atom. The third-order valence-corrected chi connectivity index (χ3v) is 3.90. The van der Waals surface area contributed by atoms with Crippen LogP contribution in [0, 0.1) is 5.92 Å². The van der Waals surface area contributed by atoms with Crippen molar-refractivity contribution in [3.63, 3.8) is 0 Å². The Labute approximate surface area is 110 Å². The zero-order valence-electron chi connectivity index (χ0n) is 11.5. The van der Waals surface area contributed by atoms with Crippen molar-refractivity contribution in [2.45, 2.75) is 64.2 Å². The monoisotopic (exact) mass is 255 g/mol. The van der Waals surface area contributed by atoms with Crippen LogP contribution in [0.4, 0.5) is 4.79 Å². The highest BCUT2D eigenvalue weighted by Crippen LogP contribution is 2.25. The molecule has 0 aromatic carbocycles. The van der Waals surface area contributed by atoms with Gasteiger partial charge in [0.1, 0.15) is 0 Å². The quantitative estimate of drug-likeness (QED) is 0.705. The molecule has 2 atom stereocenters. The van der Waals surface area contributed by atoms with E-state index in [9.17, 15) is 4.79 Å². The molecule has 1 aliphatic carbocycles. The highest BCUT2D eigenvalue weighted by atomic mass is 32.2. The summed E-state index contributed by atoms with van der Waals surface area (Å²) < 4.78 is -0.00512. The molecule has 0 fully saturated rings. The molecule has 3 heteroatoms. The number of hydrogen-bond acceptors (Lipinski definition) is 2. The summed E-state index contributed by atoms with van der Waals surface area (Å²) in [5.41, 5.74) is 0. The molecule has 1 aliphatic rings. The van der Waals surface area contributed by atoms with Gasteiger partial charge in [-0.05, 0) is 31.6 Å². The van der Waals surface area contributed by atoms with Gasteiger partial charge < -0.3 is 5.32 Å². The number of nitrogens with one attached hydrogen (secondary N) is 1. The molecule has 0 spiro atoms. The minimum atomic E-state index is -0.00512. The molecule has 0 saturated carbocycles. The topological polar surface area (TPSA) is 29.1 Å². The van der Waals surface area contributed by atoms with E-state index in [-0.39, 0.29) is 9.99 Å². The van der Waals surface area contributed by atoms with E-state index in [0.29, 0.717) is 12.0 Å². The van der Waals surface area contributed by atoms with Crippen molar-refractivity contribution in [1.29, 1.82) is 0 Å². The van der Waals surface area contributed by atoms with Gasteiger partial charge >= 0.3 is 0 Å². The molecule has 0 aromatic heterocycles. The van der Waals surface area contributed by atoms with Gasteiger partial charge in [-0.3, -0.25) is 4.79 Å². The van der Waals surface area contributed by atoms with E-state index in [0.717, 1.165) is 19.3 Å². The Kier molecular flexibility index (Phi) is 5.57. The van der Waals surface area contributed by atoms with Gasteiger partial charge in [-0.15, -0.1) is 0 Å². The van der Waals surface area contributed by atoms with Crippen molar-refractivity contribution in [2.24, 2.45) is 5.92 Å². The highest BCUT2D eigenvalue weighted by molar-refractivity contribution is 8.14. The summed E-state index contributed by atoms with van der Waals surface area (Å²) in [5.74, 6) is 0.574. The summed E-state index contributed by atoms with van der Waals surface area (Å²) in [7, 11) is 0. The van der Waals surface area contributed by atoms with Gasteiger partial charge in [0.2, 0.25) is 0 Å². The Morgan fingerprint density at radius 3 is 2.41 bits per heavy atom. The first kappa shape index (κ1) is 14.6. The maximum absolute atomic E-state index is 11.9. The molecule has 98 valence electrons. The lowest BCUT2D eigenvalue weighted by Crippen LogP contribution is -2.38. The zero-order chi connectivity index (χ0) is 12.9. The van der Waals surface area contributed by atoms with Crippen LogP contribution < -0.4 is 5.32 Å². The minimum absolute atomic E-state index is 0.00512. The maximum Gasteiger partial charge on any atom is 0.279 e. The Morgan fingerprint density at radius 2 is 1.82 bits per heavy atom. The second kappa shape index (κ2) is 6.48. The minimum Gasteiger partial charge on any atom is -0.344 e. The lowest BCUT2D eigenvalue weighted by Gasteiger charge is -2.27. The molecule has 1 N–H and O–H groups in total. The van der Waals surface area contributed by atoms with Crippen LogP contribution in [0.5, 0.6) is 0 Å². The van der Waals surface area contributed by atoms with Crippen LogP contribution in [-0.2, 0) is 0 Å². The van der Waals surface area contributed by atoms with Gasteiger partial charge in [-0.25, -0.2) is 0 Å². The molecule has 1 amide bonds. The molecule has 0 radical (unpaired) electrons. The third-order valence-electron chi connectivity index (χ3n) is 2.99. The summed E-state index contributed by atoms with van der Waals surface area (Å²) in [6.07, 6.45) is 8.95. The molecule has 1 rings (SSSR count). The van der Waals surface area contributed by atoms with Gasteiger partial charge in [-0.2, -0.15) is 0 Å². The first-order valence-corrected chi connectivity index (χ1v) is 7.34. The molecule has 0 aromatic rings. The van der Waals surface area contributed by atoms with Gasteiger partial charge in [0, 0.05) is 10.8 Å². The van der Waals surface area contributed by atoms with E-state index < -0.39 is 0 Å². The van der Waals surface area contributed by atoms with E-state index in [1.807, 2.05) is 0 Å². The van der Waals surface area contributed by atoms with E-state index in [4.69, 9.17) is 0 Å². The first-order valence-electron chi connectivity index (χ1n) is 6.53. The van der Waals surface area contributed by atoms with Crippen molar-refractivity contribution >= 4 is 17.0 Å². The largest absolute Gasteiger partial charge is 0.344 e. The summed E-state index contributed by atoms with van der Waals surface area (Å²) >= 11 is 1.40. The average molecular weight is 255 g/mol. The Balaban J connectivity index is 2.47. The lowest BCUT2D eigenvalue weighted by molar-refractivity contribution is 0.249. The predicted molar refractivity (Wildman–Crippen MR) is 76.4 cm³/mol. The summed E-state index contributed by atoms with van der Waals surface area (Å²) in [6.45, 7) is 8.45. The maximum atomic E-state index is 11.9. The second-order valence-electron chi connectivity index (χ2n) is 5.86. The first-order chi connectivity index (χ1) is 7.88. The van der Waals surface area contributed by atoms with Crippen molar-refractivity contribution in [1.82, 2.24) is 5.32 Å². The number of carbonyl (C=O) groups is 1. The highest BCUT2D eigenvalue weighted by Gasteiger charge is 2.22. The molecule has 2 nitrogen and oxygen atoms in total. The summed E-state index contributed by atoms with van der Waals surface area (Å²) in [4.78, 5) is 11.9. The van der Waals surface area contributed by atoms with E-state index in [1.54, 1.807) is 0 Å². The third kappa shape index (κ3) is 6.16. The number of carbonyl (C=O) groups excluding carboxylic acids is 1. The molecular weight excluding hydrogens is 230 g/mol. The van der Waals surface area contributed by atoms with Crippen LogP contribution in [0.2, 0.25) is 0 Å². The lowest BCUT2D eigenvalue weighted by atomic mass is 9.91. The number of rotatable bonds is 1. The number of thioether (sulfide) groups is 1. The predicted octanol–water partition coefficient (Wildman–Crippen LogP) is 4.36. The molecular formula is C14H25NOS. The average Bonchev–Trinajstić information content (AvgIpc) is 2.15. The fourth-order valence-corrected chi connectivity index (χ4v) is 2.80. The molecule has 0 heterocycles. The molecule has 0 bridgehead atoms. The van der Waals surface area contributed by atoms with E-state index in [1.165, 1.54) is 18.2 Å². The van der Waals surface area contributed by atoms with Crippen molar-refractivity contribution in [3.05, 3.63) is 12.2 Å². The fourth-order valence-electron chi connectivity index (χ4n) is 2.03. The van der Waals surface area contributed by atoms with Crippen LogP contribution in [0.25, 0.3) is 0 Å². The van der Waals surface area contributed by atoms with Crippen LogP contribution in [0.1, 0.15) is 53.4 Å². The van der Waals surface area contributed by atoms with Gasteiger partial charge in [-0.1, -0.05) is 51.6 Å². The summed E-state index contributed by atoms with van der Waals surface area (Å²) in [6, 6.07) is 0.335. The molecule has 0 unspecified atom stereocenters. The summed E-state index contributed by atoms with van der Waals surface area (Å²) in [5, 5.41) is 3.31. The van der Waals surface area contributed by atoms with E-state index >= 15 is 0 Å². The van der Waals surface area contributed by atoms with E-state index in [2.05, 4.69) is 45.2 Å². The molecule has 0 saturated heterocycles. The van der Waals surface area contributed by atoms with Crippen molar-refractivity contribution in [2.75, 3.05) is 0 Å². The van der Waals surface area contributed by atoms with Gasteiger partial charge in [0.25, 0.3) is 5.24 Å². The van der Waals surface area contributed by atoms with Crippen LogP contribution >= 0.6 is 11.8 Å². The second-order valence-corrected chi connectivity index (χ2v) is 7.66. The number of allylic oxidation sites excluding steroid dienone is 2. The Hall–Kier alpha value is -0.440. The fraction of sp³-hybridized carbons (Fsp3) is 0.786. The SMILES string of the molecule is C[C@H]1CC/C=C/CC[C@H]1NC(=O)SC(C)(C)C. The smallest absolute Gasteiger partial charge is 0.279 e. The van der Waals surface area contributed by atoms with Crippen LogP contribution in [-0.4, -0.2) is 16.0 Å².